The maximum atomic E-state index is 12.3. The molecule has 1 aromatic rings. The second-order valence-corrected chi connectivity index (χ2v) is 7.69. The summed E-state index contributed by atoms with van der Waals surface area (Å²) in [5.41, 5.74) is 5.56. The van der Waals surface area contributed by atoms with Gasteiger partial charge in [-0.15, -0.1) is 0 Å². The minimum atomic E-state index is 0.118. The van der Waals surface area contributed by atoms with Crippen LogP contribution in [-0.4, -0.2) is 23.9 Å². The first-order valence-electron chi connectivity index (χ1n) is 8.57. The van der Waals surface area contributed by atoms with E-state index in [1.807, 2.05) is 4.90 Å². The Hall–Kier alpha value is -1.35. The van der Waals surface area contributed by atoms with E-state index in [1.54, 1.807) is 0 Å². The highest BCUT2D eigenvalue weighted by Crippen LogP contribution is 2.36. The van der Waals surface area contributed by atoms with Gasteiger partial charge in [0.15, 0.2) is 0 Å². The monoisotopic (exact) mass is 300 g/mol. The Morgan fingerprint density at radius 1 is 1.32 bits per heavy atom. The molecule has 3 nitrogen and oxygen atoms in total. The summed E-state index contributed by atoms with van der Waals surface area (Å²) < 4.78 is 0. The second kappa shape index (κ2) is 5.69. The van der Waals surface area contributed by atoms with Gasteiger partial charge in [0, 0.05) is 19.1 Å². The Kier molecular flexibility index (Phi) is 4.02. The number of fused-ring (bicyclic) bond motifs is 1. The Labute approximate surface area is 134 Å². The quantitative estimate of drug-likeness (QED) is 0.909. The first-order chi connectivity index (χ1) is 10.4. The number of hydrogen-bond donors (Lipinski definition) is 1. The Morgan fingerprint density at radius 3 is 2.68 bits per heavy atom. The van der Waals surface area contributed by atoms with Crippen LogP contribution in [0.2, 0.25) is 0 Å². The summed E-state index contributed by atoms with van der Waals surface area (Å²) in [7, 11) is 0. The zero-order chi connectivity index (χ0) is 15.9. The number of benzene rings is 1. The fraction of sp³-hybridized carbons (Fsp3) is 0.632. The van der Waals surface area contributed by atoms with Crippen LogP contribution in [0, 0.1) is 0 Å². The smallest absolute Gasteiger partial charge is 0.227 e. The van der Waals surface area contributed by atoms with Gasteiger partial charge in [-0.2, -0.15) is 0 Å². The van der Waals surface area contributed by atoms with Gasteiger partial charge in [0.2, 0.25) is 5.91 Å². The number of amides is 1. The van der Waals surface area contributed by atoms with Crippen LogP contribution in [0.3, 0.4) is 0 Å². The molecule has 3 rings (SSSR count). The van der Waals surface area contributed by atoms with Gasteiger partial charge in [-0.3, -0.25) is 4.79 Å². The predicted octanol–water partition coefficient (Wildman–Crippen LogP) is 3.31. The molecule has 2 aliphatic heterocycles. The summed E-state index contributed by atoms with van der Waals surface area (Å²) in [6.45, 7) is 11.5. The van der Waals surface area contributed by atoms with Crippen molar-refractivity contribution in [1.82, 2.24) is 10.2 Å². The molecule has 1 atom stereocenters. The zero-order valence-corrected chi connectivity index (χ0v) is 14.3. The molecule has 0 unspecified atom stereocenters. The SMILES string of the molecule is CCN1Cc2c(cc(C(C)(C)C)cc2[C@@H]2CCCN2)CC1=O. The number of nitrogens with zero attached hydrogens (tertiary/aromatic N) is 1. The first kappa shape index (κ1) is 15.5. The van der Waals surface area contributed by atoms with Crippen molar-refractivity contribution in [3.63, 3.8) is 0 Å². The number of rotatable bonds is 2. The van der Waals surface area contributed by atoms with E-state index in [0.717, 1.165) is 19.6 Å². The summed E-state index contributed by atoms with van der Waals surface area (Å²) in [6, 6.07) is 5.13. The number of nitrogens with one attached hydrogen (secondary N) is 1. The Balaban J connectivity index is 2.10. The van der Waals surface area contributed by atoms with E-state index >= 15 is 0 Å². The molecule has 120 valence electrons. The summed E-state index contributed by atoms with van der Waals surface area (Å²) >= 11 is 0. The van der Waals surface area contributed by atoms with Crippen LogP contribution in [0.1, 0.15) is 68.8 Å². The van der Waals surface area contributed by atoms with Gasteiger partial charge in [0.05, 0.1) is 6.42 Å². The van der Waals surface area contributed by atoms with Gasteiger partial charge in [0.1, 0.15) is 0 Å². The maximum absolute atomic E-state index is 12.3. The average Bonchev–Trinajstić information content (AvgIpc) is 2.98. The Bertz CT molecular complexity index is 580. The minimum Gasteiger partial charge on any atom is -0.338 e. The van der Waals surface area contributed by atoms with Crippen molar-refractivity contribution in [3.8, 4) is 0 Å². The van der Waals surface area contributed by atoms with E-state index in [2.05, 4.69) is 45.1 Å². The van der Waals surface area contributed by atoms with Gasteiger partial charge in [-0.1, -0.05) is 32.9 Å². The van der Waals surface area contributed by atoms with E-state index in [1.165, 1.54) is 35.1 Å². The molecule has 22 heavy (non-hydrogen) atoms. The highest BCUT2D eigenvalue weighted by molar-refractivity contribution is 5.81. The van der Waals surface area contributed by atoms with Crippen molar-refractivity contribution in [2.24, 2.45) is 0 Å². The van der Waals surface area contributed by atoms with Gasteiger partial charge in [-0.25, -0.2) is 0 Å². The van der Waals surface area contributed by atoms with Crippen molar-refractivity contribution in [3.05, 3.63) is 34.4 Å². The fourth-order valence-electron chi connectivity index (χ4n) is 3.64. The molecule has 1 fully saturated rings. The third-order valence-electron chi connectivity index (χ3n) is 5.10. The van der Waals surface area contributed by atoms with Crippen LogP contribution < -0.4 is 5.32 Å². The van der Waals surface area contributed by atoms with E-state index in [-0.39, 0.29) is 11.3 Å². The molecule has 0 radical (unpaired) electrons. The van der Waals surface area contributed by atoms with Gasteiger partial charge in [-0.05, 0) is 54.0 Å². The van der Waals surface area contributed by atoms with Crippen molar-refractivity contribution < 1.29 is 4.79 Å². The van der Waals surface area contributed by atoms with E-state index in [9.17, 15) is 4.79 Å². The third-order valence-corrected chi connectivity index (χ3v) is 5.10. The van der Waals surface area contributed by atoms with Crippen LogP contribution >= 0.6 is 0 Å². The molecule has 3 heteroatoms. The van der Waals surface area contributed by atoms with Crippen molar-refractivity contribution in [1.29, 1.82) is 0 Å². The summed E-state index contributed by atoms with van der Waals surface area (Å²) in [6.07, 6.45) is 3.02. The van der Waals surface area contributed by atoms with Crippen LogP contribution in [0.5, 0.6) is 0 Å². The van der Waals surface area contributed by atoms with Crippen LogP contribution in [-0.2, 0) is 23.2 Å². The molecule has 0 aliphatic carbocycles. The number of carbonyl (C=O) groups excluding carboxylic acids is 1. The lowest BCUT2D eigenvalue weighted by molar-refractivity contribution is -0.131. The van der Waals surface area contributed by atoms with Crippen LogP contribution in [0.25, 0.3) is 0 Å². The maximum Gasteiger partial charge on any atom is 0.227 e. The summed E-state index contributed by atoms with van der Waals surface area (Å²) in [5.74, 6) is 0.270. The standard InChI is InChI=1S/C19H28N2O/c1-5-21-12-16-13(10-18(21)22)9-14(19(2,3)4)11-15(16)17-7-6-8-20-17/h9,11,17,20H,5-8,10,12H2,1-4H3/t17-/m0/s1. The highest BCUT2D eigenvalue weighted by Gasteiger charge is 2.30. The largest absolute Gasteiger partial charge is 0.338 e. The van der Waals surface area contributed by atoms with Gasteiger partial charge >= 0.3 is 0 Å². The van der Waals surface area contributed by atoms with Gasteiger partial charge in [0.25, 0.3) is 0 Å². The molecular weight excluding hydrogens is 272 g/mol. The normalized spacial score (nSPS) is 22.1. The number of hydrogen-bond acceptors (Lipinski definition) is 2. The molecule has 0 spiro atoms. The number of likely N-dealkylation sites (N-methyl/N-ethyl adjacent to an activating group) is 1. The first-order valence-corrected chi connectivity index (χ1v) is 8.57. The van der Waals surface area contributed by atoms with Crippen LogP contribution in [0.15, 0.2) is 12.1 Å². The Morgan fingerprint density at radius 2 is 2.09 bits per heavy atom. The molecule has 2 aliphatic rings. The molecule has 0 aromatic heterocycles. The summed E-state index contributed by atoms with van der Waals surface area (Å²) in [4.78, 5) is 14.3. The fourth-order valence-corrected chi connectivity index (χ4v) is 3.64. The van der Waals surface area contributed by atoms with E-state index in [4.69, 9.17) is 0 Å². The molecule has 0 bridgehead atoms. The van der Waals surface area contributed by atoms with Crippen molar-refractivity contribution >= 4 is 5.91 Å². The van der Waals surface area contributed by atoms with E-state index < -0.39 is 0 Å². The molecule has 1 amide bonds. The zero-order valence-electron chi connectivity index (χ0n) is 14.3. The van der Waals surface area contributed by atoms with Crippen molar-refractivity contribution in [2.45, 2.75) is 65.0 Å². The lowest BCUT2D eigenvalue weighted by Gasteiger charge is -2.33. The lowest BCUT2D eigenvalue weighted by Crippen LogP contribution is -2.37. The summed E-state index contributed by atoms with van der Waals surface area (Å²) in [5, 5.41) is 3.64. The molecule has 1 aromatic carbocycles. The minimum absolute atomic E-state index is 0.118. The molecule has 0 saturated carbocycles. The second-order valence-electron chi connectivity index (χ2n) is 7.69. The van der Waals surface area contributed by atoms with Gasteiger partial charge < -0.3 is 10.2 Å². The predicted molar refractivity (Wildman–Crippen MR) is 89.9 cm³/mol. The number of carbonyl (C=O) groups is 1. The molecule has 1 saturated heterocycles. The molecular formula is C19H28N2O. The molecule has 2 heterocycles. The topological polar surface area (TPSA) is 32.3 Å². The lowest BCUT2D eigenvalue weighted by atomic mass is 9.80. The highest BCUT2D eigenvalue weighted by atomic mass is 16.2. The van der Waals surface area contributed by atoms with E-state index in [0.29, 0.717) is 12.5 Å². The average molecular weight is 300 g/mol. The third kappa shape index (κ3) is 2.79. The van der Waals surface area contributed by atoms with Crippen LogP contribution in [0.4, 0.5) is 0 Å². The molecule has 1 N–H and O–H groups in total. The van der Waals surface area contributed by atoms with Crippen molar-refractivity contribution in [2.75, 3.05) is 13.1 Å².